The van der Waals surface area contributed by atoms with Gasteiger partial charge in [0.05, 0.1) is 39.3 Å². The number of hydrogen-bond donors (Lipinski definition) is 2. The van der Waals surface area contributed by atoms with Gasteiger partial charge in [-0.25, -0.2) is 9.97 Å². The molecule has 0 amide bonds. The molecule has 0 unspecified atom stereocenters. The third-order valence-corrected chi connectivity index (χ3v) is 6.28. The fourth-order valence-corrected chi connectivity index (χ4v) is 4.49. The summed E-state index contributed by atoms with van der Waals surface area (Å²) in [7, 11) is 4.74. The minimum Gasteiger partial charge on any atom is -0.493 e. The lowest BCUT2D eigenvalue weighted by Crippen LogP contribution is -2.20. The summed E-state index contributed by atoms with van der Waals surface area (Å²) in [5.74, 6) is 2.73. The molecule has 1 aliphatic rings. The number of ether oxygens (including phenoxy) is 3. The maximum atomic E-state index is 9.84. The zero-order valence-electron chi connectivity index (χ0n) is 19.4. The van der Waals surface area contributed by atoms with E-state index in [-0.39, 0.29) is 6.10 Å². The molecule has 0 radical (unpaired) electrons. The van der Waals surface area contributed by atoms with Crippen molar-refractivity contribution < 1.29 is 19.3 Å². The number of aliphatic hydroxyl groups is 1. The highest BCUT2D eigenvalue weighted by molar-refractivity contribution is 5.76. The summed E-state index contributed by atoms with van der Waals surface area (Å²) in [5, 5.41) is 14.0. The number of aliphatic hydroxyl groups excluding tert-OH is 1. The number of anilines is 2. The lowest BCUT2D eigenvalue weighted by atomic mass is 9.93. The molecule has 1 saturated carbocycles. The van der Waals surface area contributed by atoms with Crippen molar-refractivity contribution in [1.82, 2.24) is 24.1 Å². The first-order valence-corrected chi connectivity index (χ1v) is 11.2. The van der Waals surface area contributed by atoms with Crippen molar-refractivity contribution in [3.63, 3.8) is 0 Å². The lowest BCUT2D eigenvalue weighted by molar-refractivity contribution is 0.111. The van der Waals surface area contributed by atoms with E-state index in [1.165, 1.54) is 0 Å². The van der Waals surface area contributed by atoms with Gasteiger partial charge in [-0.15, -0.1) is 0 Å². The van der Waals surface area contributed by atoms with E-state index in [4.69, 9.17) is 19.2 Å². The number of methoxy groups -OCH3 is 3. The molecule has 3 aromatic heterocycles. The number of nitrogens with zero attached hydrogens (tertiary/aromatic N) is 5. The molecule has 0 atom stereocenters. The summed E-state index contributed by atoms with van der Waals surface area (Å²) in [6, 6.07) is 6.07. The molecule has 2 N–H and O–H groups in total. The first-order chi connectivity index (χ1) is 16.6. The average molecular weight is 465 g/mol. The number of rotatable bonds is 7. The summed E-state index contributed by atoms with van der Waals surface area (Å²) >= 11 is 0. The molecule has 4 aromatic rings. The Bertz CT molecular complexity index is 1270. The molecule has 1 aliphatic carbocycles. The highest BCUT2D eigenvalue weighted by Gasteiger charge is 2.22. The summed E-state index contributed by atoms with van der Waals surface area (Å²) in [6.45, 7) is 0. The molecule has 10 heteroatoms. The van der Waals surface area contributed by atoms with Crippen LogP contribution >= 0.6 is 0 Å². The highest BCUT2D eigenvalue weighted by Crippen LogP contribution is 2.39. The van der Waals surface area contributed by atoms with Crippen molar-refractivity contribution in [1.29, 1.82) is 0 Å². The van der Waals surface area contributed by atoms with Crippen LogP contribution in [0.2, 0.25) is 0 Å². The number of aromatic nitrogens is 5. The van der Waals surface area contributed by atoms with Crippen LogP contribution < -0.4 is 19.5 Å². The third-order valence-electron chi connectivity index (χ3n) is 6.28. The summed E-state index contributed by atoms with van der Waals surface area (Å²) in [6.07, 6.45) is 10.7. The standard InChI is InChI=1S/C24H28N6O4/c1-32-19-10-17(11-20(33-2)22(19)34-3)29-13-21(26-14-29)27-24-25-12-15-8-9-30(23(15)28-24)16-4-6-18(31)7-5-16/h8-14,16,18,31H,4-7H2,1-3H3,(H,25,27,28)/t16-,18-. The Balaban J connectivity index is 1.40. The Labute approximate surface area is 197 Å². The van der Waals surface area contributed by atoms with E-state index in [1.54, 1.807) is 27.7 Å². The largest absolute Gasteiger partial charge is 0.493 e. The molecular weight excluding hydrogens is 436 g/mol. The monoisotopic (exact) mass is 464 g/mol. The van der Waals surface area contributed by atoms with E-state index in [2.05, 4.69) is 26.0 Å². The van der Waals surface area contributed by atoms with Crippen LogP contribution in [0.25, 0.3) is 16.7 Å². The van der Waals surface area contributed by atoms with E-state index in [1.807, 2.05) is 35.2 Å². The normalized spacial score (nSPS) is 18.1. The van der Waals surface area contributed by atoms with Gasteiger partial charge in [0, 0.05) is 36.0 Å². The van der Waals surface area contributed by atoms with Gasteiger partial charge < -0.3 is 33.8 Å². The first-order valence-electron chi connectivity index (χ1n) is 11.2. The van der Waals surface area contributed by atoms with E-state index < -0.39 is 0 Å². The molecule has 1 fully saturated rings. The lowest BCUT2D eigenvalue weighted by Gasteiger charge is -2.27. The smallest absolute Gasteiger partial charge is 0.230 e. The SMILES string of the molecule is COc1cc(-n2cnc(Nc3ncc4ccn([C@H]5CC[C@H](O)CC5)c4n3)c2)cc(OC)c1OC. The Morgan fingerprint density at radius 3 is 2.41 bits per heavy atom. The van der Waals surface area contributed by atoms with Crippen molar-refractivity contribution in [3.8, 4) is 22.9 Å². The Morgan fingerprint density at radius 1 is 1.00 bits per heavy atom. The maximum absolute atomic E-state index is 9.84. The Kier molecular flexibility index (Phi) is 5.97. The Morgan fingerprint density at radius 2 is 1.74 bits per heavy atom. The number of imidazole rings is 1. The van der Waals surface area contributed by atoms with Crippen molar-refractivity contribution >= 4 is 22.8 Å². The van der Waals surface area contributed by atoms with Gasteiger partial charge in [-0.1, -0.05) is 0 Å². The van der Waals surface area contributed by atoms with E-state index in [9.17, 15) is 5.11 Å². The predicted octanol–water partition coefficient (Wildman–Crippen LogP) is 3.86. The molecule has 0 aliphatic heterocycles. The molecule has 1 aromatic carbocycles. The fourth-order valence-electron chi connectivity index (χ4n) is 4.49. The van der Waals surface area contributed by atoms with Crippen LogP contribution in [0.3, 0.4) is 0 Å². The second-order valence-corrected chi connectivity index (χ2v) is 8.33. The van der Waals surface area contributed by atoms with E-state index in [0.29, 0.717) is 35.1 Å². The Hall–Kier alpha value is -3.79. The molecule has 5 rings (SSSR count). The second-order valence-electron chi connectivity index (χ2n) is 8.33. The third kappa shape index (κ3) is 4.12. The molecule has 3 heterocycles. The van der Waals surface area contributed by atoms with Gasteiger partial charge in [-0.3, -0.25) is 0 Å². The van der Waals surface area contributed by atoms with Crippen LogP contribution in [0, 0.1) is 0 Å². The molecule has 0 saturated heterocycles. The minimum atomic E-state index is -0.189. The maximum Gasteiger partial charge on any atom is 0.230 e. The van der Waals surface area contributed by atoms with Gasteiger partial charge >= 0.3 is 0 Å². The van der Waals surface area contributed by atoms with Gasteiger partial charge in [0.15, 0.2) is 17.3 Å². The van der Waals surface area contributed by atoms with Crippen LogP contribution in [0.4, 0.5) is 11.8 Å². The predicted molar refractivity (Wildman–Crippen MR) is 128 cm³/mol. The number of benzene rings is 1. The first kappa shape index (κ1) is 22.0. The van der Waals surface area contributed by atoms with Gasteiger partial charge in [-0.05, 0) is 31.7 Å². The molecule has 0 bridgehead atoms. The summed E-state index contributed by atoms with van der Waals surface area (Å²) < 4.78 is 20.4. The summed E-state index contributed by atoms with van der Waals surface area (Å²) in [4.78, 5) is 13.7. The van der Waals surface area contributed by atoms with E-state index >= 15 is 0 Å². The van der Waals surface area contributed by atoms with Crippen LogP contribution in [0.15, 0.2) is 43.1 Å². The van der Waals surface area contributed by atoms with Crippen LogP contribution in [0.5, 0.6) is 17.2 Å². The molecule has 10 nitrogen and oxygen atoms in total. The summed E-state index contributed by atoms with van der Waals surface area (Å²) in [5.41, 5.74) is 1.68. The second kappa shape index (κ2) is 9.22. The zero-order valence-corrected chi connectivity index (χ0v) is 19.4. The molecule has 34 heavy (non-hydrogen) atoms. The van der Waals surface area contributed by atoms with Crippen molar-refractivity contribution in [2.45, 2.75) is 37.8 Å². The average Bonchev–Trinajstić information content (AvgIpc) is 3.50. The van der Waals surface area contributed by atoms with Crippen LogP contribution in [-0.4, -0.2) is 56.6 Å². The van der Waals surface area contributed by atoms with Gasteiger partial charge in [0.2, 0.25) is 11.7 Å². The molecular formula is C24H28N6O4. The van der Waals surface area contributed by atoms with Crippen LogP contribution in [-0.2, 0) is 0 Å². The van der Waals surface area contributed by atoms with Crippen molar-refractivity contribution in [2.75, 3.05) is 26.6 Å². The topological polar surface area (TPSA) is 108 Å². The van der Waals surface area contributed by atoms with Gasteiger partial charge in [0.25, 0.3) is 0 Å². The van der Waals surface area contributed by atoms with Crippen LogP contribution in [0.1, 0.15) is 31.7 Å². The van der Waals surface area contributed by atoms with Gasteiger partial charge in [-0.2, -0.15) is 4.98 Å². The minimum absolute atomic E-state index is 0.189. The van der Waals surface area contributed by atoms with Crippen molar-refractivity contribution in [2.24, 2.45) is 0 Å². The molecule has 178 valence electrons. The quantitative estimate of drug-likeness (QED) is 0.424. The highest BCUT2D eigenvalue weighted by atomic mass is 16.5. The van der Waals surface area contributed by atoms with Crippen molar-refractivity contribution in [3.05, 3.63) is 43.1 Å². The number of fused-ring (bicyclic) bond motifs is 1. The van der Waals surface area contributed by atoms with E-state index in [0.717, 1.165) is 42.4 Å². The zero-order chi connectivity index (χ0) is 23.7. The molecule has 0 spiro atoms. The number of hydrogen-bond acceptors (Lipinski definition) is 8. The fraction of sp³-hybridized carbons (Fsp3) is 0.375. The van der Waals surface area contributed by atoms with Gasteiger partial charge in [0.1, 0.15) is 12.0 Å². The number of nitrogens with one attached hydrogen (secondary N) is 1.